The average Bonchev–Trinajstić information content (AvgIpc) is 3.12. The van der Waals surface area contributed by atoms with Gasteiger partial charge in [0.25, 0.3) is 0 Å². The molecule has 0 saturated carbocycles. The van der Waals surface area contributed by atoms with Crippen LogP contribution in [0.1, 0.15) is 12.5 Å². The molecule has 4 rings (SSSR count). The van der Waals surface area contributed by atoms with Gasteiger partial charge in [0.15, 0.2) is 26.3 Å². The number of imidazole rings is 2. The van der Waals surface area contributed by atoms with Crippen LogP contribution in [-0.2, 0) is 16.9 Å². The number of hydrogen-bond acceptors (Lipinski definition) is 6. The third-order valence-electron chi connectivity index (χ3n) is 4.34. The number of aryl methyl sites for hydroxylation is 2. The summed E-state index contributed by atoms with van der Waals surface area (Å²) in [5.74, 6) is 0.409. The molecule has 0 spiro atoms. The van der Waals surface area contributed by atoms with Gasteiger partial charge in [-0.3, -0.25) is 4.40 Å². The number of fused-ring (bicyclic) bond motifs is 2. The minimum absolute atomic E-state index is 0.0422. The second kappa shape index (κ2) is 5.53. The van der Waals surface area contributed by atoms with E-state index in [1.165, 1.54) is 0 Å². The molecule has 4 aromatic rings. The van der Waals surface area contributed by atoms with E-state index < -0.39 is 9.84 Å². The summed E-state index contributed by atoms with van der Waals surface area (Å²) in [6.45, 7) is 3.54. The van der Waals surface area contributed by atoms with Crippen molar-refractivity contribution in [2.24, 2.45) is 7.05 Å². The molecule has 26 heavy (non-hydrogen) atoms. The van der Waals surface area contributed by atoms with Crippen molar-refractivity contribution < 1.29 is 8.42 Å². The van der Waals surface area contributed by atoms with E-state index in [0.717, 1.165) is 5.56 Å². The normalized spacial score (nSPS) is 12.3. The first-order valence-corrected chi connectivity index (χ1v) is 9.77. The molecule has 4 aromatic heterocycles. The van der Waals surface area contributed by atoms with Gasteiger partial charge in [-0.2, -0.15) is 0 Å². The topological polar surface area (TPSA) is 108 Å². The van der Waals surface area contributed by atoms with Crippen LogP contribution in [0.2, 0.25) is 0 Å². The Labute approximate surface area is 150 Å². The van der Waals surface area contributed by atoms with E-state index in [9.17, 15) is 8.42 Å². The van der Waals surface area contributed by atoms with Crippen LogP contribution in [0.25, 0.3) is 28.3 Å². The van der Waals surface area contributed by atoms with Crippen LogP contribution in [0, 0.1) is 6.92 Å². The number of nitrogens with two attached hydrogens (primary N) is 1. The van der Waals surface area contributed by atoms with Crippen LogP contribution in [-0.4, -0.2) is 38.1 Å². The van der Waals surface area contributed by atoms with Gasteiger partial charge >= 0.3 is 0 Å². The summed E-state index contributed by atoms with van der Waals surface area (Å²) >= 11 is 0. The molecule has 0 fully saturated rings. The van der Waals surface area contributed by atoms with Crippen LogP contribution in [0.4, 0.5) is 5.69 Å². The zero-order valence-electron chi connectivity index (χ0n) is 14.6. The Hall–Kier alpha value is -2.94. The fourth-order valence-electron chi connectivity index (χ4n) is 3.01. The Bertz CT molecular complexity index is 1270. The number of nitrogens with zero attached hydrogens (tertiary/aromatic N) is 5. The Balaban J connectivity index is 2.12. The summed E-state index contributed by atoms with van der Waals surface area (Å²) in [5.41, 5.74) is 9.45. The maximum absolute atomic E-state index is 12.8. The van der Waals surface area contributed by atoms with Gasteiger partial charge < -0.3 is 10.3 Å². The summed E-state index contributed by atoms with van der Waals surface area (Å²) < 4.78 is 28.9. The monoisotopic (exact) mass is 370 g/mol. The Morgan fingerprint density at radius 3 is 2.73 bits per heavy atom. The van der Waals surface area contributed by atoms with Crippen molar-refractivity contribution >= 4 is 32.3 Å². The van der Waals surface area contributed by atoms with Gasteiger partial charge in [-0.1, -0.05) is 6.92 Å². The standard InChI is InChI=1S/C17H18N6O2S/c1-4-26(24,25)17-14(21-13-8-11(18)5-6-23(13)17)16-20-12-7-10(2)9-19-15(12)22(16)3/h5-9H,4,18H2,1-3H3. The molecule has 0 unspecified atom stereocenters. The highest BCUT2D eigenvalue weighted by molar-refractivity contribution is 7.91. The lowest BCUT2D eigenvalue weighted by molar-refractivity contribution is 0.592. The smallest absolute Gasteiger partial charge is 0.196 e. The zero-order chi connectivity index (χ0) is 18.6. The van der Waals surface area contributed by atoms with Crippen molar-refractivity contribution in [2.75, 3.05) is 11.5 Å². The number of sulfone groups is 1. The first-order valence-electron chi connectivity index (χ1n) is 8.11. The van der Waals surface area contributed by atoms with Crippen LogP contribution in [0.3, 0.4) is 0 Å². The highest BCUT2D eigenvalue weighted by atomic mass is 32.2. The predicted octanol–water partition coefficient (Wildman–Crippen LogP) is 1.97. The summed E-state index contributed by atoms with van der Waals surface area (Å²) in [6.07, 6.45) is 3.37. The Kier molecular flexibility index (Phi) is 3.52. The van der Waals surface area contributed by atoms with Gasteiger partial charge in [-0.15, -0.1) is 0 Å². The molecule has 4 heterocycles. The molecule has 0 aliphatic heterocycles. The quantitative estimate of drug-likeness (QED) is 0.591. The number of pyridine rings is 2. The minimum Gasteiger partial charge on any atom is -0.399 e. The van der Waals surface area contributed by atoms with Crippen molar-refractivity contribution in [3.8, 4) is 11.5 Å². The molecule has 0 aliphatic rings. The molecule has 0 aromatic carbocycles. The number of anilines is 1. The maximum atomic E-state index is 12.8. The van der Waals surface area contributed by atoms with Crippen LogP contribution >= 0.6 is 0 Å². The van der Waals surface area contributed by atoms with Gasteiger partial charge in [0.05, 0.1) is 5.75 Å². The van der Waals surface area contributed by atoms with Gasteiger partial charge in [-0.05, 0) is 24.6 Å². The Morgan fingerprint density at radius 1 is 1.23 bits per heavy atom. The van der Waals surface area contributed by atoms with Gasteiger partial charge in [0, 0.05) is 31.2 Å². The fraction of sp³-hybridized carbons (Fsp3) is 0.235. The zero-order valence-corrected chi connectivity index (χ0v) is 15.4. The molecule has 134 valence electrons. The molecule has 9 heteroatoms. The van der Waals surface area contributed by atoms with Crippen LogP contribution < -0.4 is 5.73 Å². The summed E-state index contributed by atoms with van der Waals surface area (Å²) in [5, 5.41) is 0.116. The number of rotatable bonds is 3. The van der Waals surface area contributed by atoms with Gasteiger partial charge in [0.2, 0.25) is 0 Å². The Morgan fingerprint density at radius 2 is 2.00 bits per heavy atom. The first-order chi connectivity index (χ1) is 12.3. The summed E-state index contributed by atoms with van der Waals surface area (Å²) in [6, 6.07) is 5.20. The lowest BCUT2D eigenvalue weighted by atomic mass is 10.3. The van der Waals surface area contributed by atoms with Crippen molar-refractivity contribution in [3.63, 3.8) is 0 Å². The van der Waals surface area contributed by atoms with E-state index in [2.05, 4.69) is 15.0 Å². The predicted molar refractivity (Wildman–Crippen MR) is 99.6 cm³/mol. The lowest BCUT2D eigenvalue weighted by Gasteiger charge is -2.05. The largest absolute Gasteiger partial charge is 0.399 e. The van der Waals surface area contributed by atoms with E-state index >= 15 is 0 Å². The molecular weight excluding hydrogens is 352 g/mol. The molecular formula is C17H18N6O2S. The van der Waals surface area contributed by atoms with E-state index in [1.807, 2.05) is 13.0 Å². The first kappa shape index (κ1) is 16.5. The SMILES string of the molecule is CCS(=O)(=O)c1c(-c2nc3cc(C)cnc3n2C)nc2cc(N)ccn12. The molecule has 0 atom stereocenters. The van der Waals surface area contributed by atoms with E-state index in [4.69, 9.17) is 5.73 Å². The molecule has 0 radical (unpaired) electrons. The third-order valence-corrected chi connectivity index (χ3v) is 6.08. The van der Waals surface area contributed by atoms with Crippen LogP contribution in [0.15, 0.2) is 35.6 Å². The van der Waals surface area contributed by atoms with Crippen molar-refractivity contribution in [1.82, 2.24) is 23.9 Å². The van der Waals surface area contributed by atoms with E-state index in [0.29, 0.717) is 34.0 Å². The summed E-state index contributed by atoms with van der Waals surface area (Å²) in [4.78, 5) is 13.5. The lowest BCUT2D eigenvalue weighted by Crippen LogP contribution is -2.09. The minimum atomic E-state index is -3.55. The molecule has 0 aliphatic carbocycles. The van der Waals surface area contributed by atoms with E-state index in [1.54, 1.807) is 47.5 Å². The molecule has 0 amide bonds. The second-order valence-corrected chi connectivity index (χ2v) is 8.40. The van der Waals surface area contributed by atoms with Crippen molar-refractivity contribution in [1.29, 1.82) is 0 Å². The van der Waals surface area contributed by atoms with Gasteiger partial charge in [0.1, 0.15) is 16.9 Å². The molecule has 0 bridgehead atoms. The van der Waals surface area contributed by atoms with Crippen LogP contribution in [0.5, 0.6) is 0 Å². The maximum Gasteiger partial charge on any atom is 0.196 e. The van der Waals surface area contributed by atoms with E-state index in [-0.39, 0.29) is 10.8 Å². The van der Waals surface area contributed by atoms with Crippen molar-refractivity contribution in [3.05, 3.63) is 36.2 Å². The number of aromatic nitrogens is 5. The average molecular weight is 370 g/mol. The third kappa shape index (κ3) is 2.35. The highest BCUT2D eigenvalue weighted by Crippen LogP contribution is 2.30. The summed E-state index contributed by atoms with van der Waals surface area (Å²) in [7, 11) is -1.75. The van der Waals surface area contributed by atoms with Gasteiger partial charge in [-0.25, -0.2) is 23.4 Å². The molecule has 2 N–H and O–H groups in total. The second-order valence-electron chi connectivity index (χ2n) is 6.21. The fourth-order valence-corrected chi connectivity index (χ4v) is 4.17. The van der Waals surface area contributed by atoms with Crippen molar-refractivity contribution in [2.45, 2.75) is 18.9 Å². The highest BCUT2D eigenvalue weighted by Gasteiger charge is 2.28. The molecule has 0 saturated heterocycles. The molecule has 8 nitrogen and oxygen atoms in total. The number of nitrogen functional groups attached to an aromatic ring is 1. The number of hydrogen-bond donors (Lipinski definition) is 1.